The third-order valence-electron chi connectivity index (χ3n) is 4.47. The second-order valence-electron chi connectivity index (χ2n) is 6.65. The molecule has 1 aromatic rings. The summed E-state index contributed by atoms with van der Waals surface area (Å²) in [5.74, 6) is 0.288. The summed E-state index contributed by atoms with van der Waals surface area (Å²) in [6.07, 6.45) is -0.230. The quantitative estimate of drug-likeness (QED) is 0.591. The van der Waals surface area contributed by atoms with Gasteiger partial charge in [-0.2, -0.15) is 0 Å². The lowest BCUT2D eigenvalue weighted by Crippen LogP contribution is -2.55. The summed E-state index contributed by atoms with van der Waals surface area (Å²) in [6, 6.07) is 3.93. The zero-order valence-electron chi connectivity index (χ0n) is 13.8. The summed E-state index contributed by atoms with van der Waals surface area (Å²) < 4.78 is 22.0. The standard InChI is InChI=1S/C16H19N2O6P/c1-16(2)15(24-25(20,21)22)14(18-8-4-5-13(18)19)11-9-10(17-3)6-7-12(11)23-16/h6-7,9,14-15H,4-5,8H2,1-2H3,(H2,20,21,22)/p-2/t14-,15+/m1/s1. The van der Waals surface area contributed by atoms with Gasteiger partial charge >= 0.3 is 0 Å². The molecule has 0 aliphatic carbocycles. The lowest BCUT2D eigenvalue weighted by molar-refractivity contribution is -0.349. The highest BCUT2D eigenvalue weighted by Gasteiger charge is 2.49. The Hall–Kier alpha value is -1.91. The molecule has 2 heterocycles. The van der Waals surface area contributed by atoms with Gasteiger partial charge in [0.1, 0.15) is 17.5 Å². The van der Waals surface area contributed by atoms with Crippen molar-refractivity contribution in [2.75, 3.05) is 6.54 Å². The first-order chi connectivity index (χ1) is 11.6. The van der Waals surface area contributed by atoms with E-state index in [1.807, 2.05) is 0 Å². The van der Waals surface area contributed by atoms with Crippen molar-refractivity contribution in [1.82, 2.24) is 4.90 Å². The molecule has 2 aliphatic heterocycles. The van der Waals surface area contributed by atoms with Crippen LogP contribution in [0.5, 0.6) is 5.75 Å². The first-order valence-electron chi connectivity index (χ1n) is 7.83. The van der Waals surface area contributed by atoms with Crippen LogP contribution >= 0.6 is 7.82 Å². The number of benzene rings is 1. The largest absolute Gasteiger partial charge is 0.790 e. The monoisotopic (exact) mass is 364 g/mol. The predicted molar refractivity (Wildman–Crippen MR) is 83.6 cm³/mol. The average Bonchev–Trinajstić information content (AvgIpc) is 2.92. The first-order valence-corrected chi connectivity index (χ1v) is 9.29. The normalized spacial score (nSPS) is 25.2. The number of phosphoric acid groups is 1. The molecule has 0 N–H and O–H groups in total. The Balaban J connectivity index is 2.16. The van der Waals surface area contributed by atoms with Gasteiger partial charge in [-0.05, 0) is 32.4 Å². The zero-order valence-corrected chi connectivity index (χ0v) is 14.7. The number of hydrogen-bond donors (Lipinski definition) is 0. The van der Waals surface area contributed by atoms with Gasteiger partial charge in [-0.1, -0.05) is 6.07 Å². The molecule has 0 bridgehead atoms. The Morgan fingerprint density at radius 1 is 1.44 bits per heavy atom. The van der Waals surface area contributed by atoms with Crippen molar-refractivity contribution in [2.24, 2.45) is 0 Å². The molecule has 0 radical (unpaired) electrons. The minimum Gasteiger partial charge on any atom is -0.790 e. The topological polar surface area (TPSA) is 106 Å². The third kappa shape index (κ3) is 3.42. The van der Waals surface area contributed by atoms with E-state index in [4.69, 9.17) is 15.8 Å². The lowest BCUT2D eigenvalue weighted by atomic mass is 9.85. The smallest absolute Gasteiger partial charge is 0.223 e. The second kappa shape index (κ2) is 6.11. The van der Waals surface area contributed by atoms with Gasteiger partial charge in [-0.25, -0.2) is 4.85 Å². The Kier molecular flexibility index (Phi) is 4.38. The SMILES string of the molecule is [C-]#[N+]c1ccc2c(c1)[C@@H](N1CCCC1=O)[C@H](OP(=O)([O-])[O-])C(C)(C)O2. The molecular weight excluding hydrogens is 347 g/mol. The maximum absolute atomic E-state index is 12.3. The van der Waals surface area contributed by atoms with E-state index >= 15 is 0 Å². The molecule has 0 saturated carbocycles. The number of phosphoric ester groups is 1. The fraction of sp³-hybridized carbons (Fsp3) is 0.500. The molecule has 1 saturated heterocycles. The molecule has 1 fully saturated rings. The minimum atomic E-state index is -5.32. The Morgan fingerprint density at radius 3 is 2.72 bits per heavy atom. The van der Waals surface area contributed by atoms with Crippen LogP contribution in [0.25, 0.3) is 4.85 Å². The van der Waals surface area contributed by atoms with Crippen molar-refractivity contribution in [2.45, 2.75) is 44.4 Å². The van der Waals surface area contributed by atoms with Gasteiger partial charge in [-0.15, -0.1) is 0 Å². The van der Waals surface area contributed by atoms with Gasteiger partial charge in [0.05, 0.1) is 20.4 Å². The predicted octanol–water partition coefficient (Wildman–Crippen LogP) is 1.29. The number of rotatable bonds is 3. The van der Waals surface area contributed by atoms with Crippen molar-refractivity contribution < 1.29 is 28.4 Å². The number of carbonyl (C=O) groups is 1. The van der Waals surface area contributed by atoms with Crippen LogP contribution in [0.2, 0.25) is 0 Å². The maximum atomic E-state index is 12.3. The highest BCUT2D eigenvalue weighted by Crippen LogP contribution is 2.49. The van der Waals surface area contributed by atoms with Gasteiger partial charge in [-0.3, -0.25) is 4.79 Å². The van der Waals surface area contributed by atoms with Crippen LogP contribution in [0.1, 0.15) is 38.3 Å². The molecule has 1 aromatic carbocycles. The van der Waals surface area contributed by atoms with Crippen molar-refractivity contribution in [1.29, 1.82) is 0 Å². The summed E-state index contributed by atoms with van der Waals surface area (Å²) in [6.45, 7) is 10.8. The highest BCUT2D eigenvalue weighted by atomic mass is 31.2. The number of carbonyl (C=O) groups excluding carboxylic acids is 1. The first kappa shape index (κ1) is 17.9. The summed E-state index contributed by atoms with van der Waals surface area (Å²) in [4.78, 5) is 39.8. The van der Waals surface area contributed by atoms with E-state index < -0.39 is 25.6 Å². The van der Waals surface area contributed by atoms with E-state index in [1.165, 1.54) is 4.90 Å². The van der Waals surface area contributed by atoms with Gasteiger partial charge in [0.15, 0.2) is 5.69 Å². The van der Waals surface area contributed by atoms with E-state index in [-0.39, 0.29) is 5.91 Å². The van der Waals surface area contributed by atoms with E-state index in [1.54, 1.807) is 32.0 Å². The van der Waals surface area contributed by atoms with Crippen LogP contribution in [0.4, 0.5) is 5.69 Å². The fourth-order valence-corrected chi connectivity index (χ4v) is 4.08. The van der Waals surface area contributed by atoms with Crippen molar-refractivity contribution in [3.05, 3.63) is 35.2 Å². The number of likely N-dealkylation sites (tertiary alicyclic amines) is 1. The molecule has 134 valence electrons. The van der Waals surface area contributed by atoms with Crippen LogP contribution in [0, 0.1) is 6.57 Å². The lowest BCUT2D eigenvalue weighted by Gasteiger charge is -2.50. The molecule has 2 atom stereocenters. The zero-order chi connectivity index (χ0) is 18.4. The molecule has 2 aliphatic rings. The minimum absolute atomic E-state index is 0.151. The molecule has 9 heteroatoms. The number of fused-ring (bicyclic) bond motifs is 1. The van der Waals surface area contributed by atoms with Crippen molar-refractivity contribution in [3.63, 3.8) is 0 Å². The van der Waals surface area contributed by atoms with Crippen molar-refractivity contribution in [3.8, 4) is 5.75 Å². The Morgan fingerprint density at radius 2 is 2.16 bits per heavy atom. The molecule has 0 spiro atoms. The number of nitrogens with zero attached hydrogens (tertiary/aromatic N) is 2. The molecule has 3 rings (SSSR count). The summed E-state index contributed by atoms with van der Waals surface area (Å²) in [5.41, 5.74) is -0.364. The van der Waals surface area contributed by atoms with Crippen LogP contribution < -0.4 is 14.5 Å². The number of amides is 1. The van der Waals surface area contributed by atoms with Crippen LogP contribution in [0.15, 0.2) is 18.2 Å². The van der Waals surface area contributed by atoms with Crippen LogP contribution in [-0.4, -0.2) is 29.1 Å². The summed E-state index contributed by atoms with van der Waals surface area (Å²) in [7, 11) is -5.32. The average molecular weight is 364 g/mol. The highest BCUT2D eigenvalue weighted by molar-refractivity contribution is 7.43. The maximum Gasteiger partial charge on any atom is 0.223 e. The van der Waals surface area contributed by atoms with E-state index in [2.05, 4.69) is 4.85 Å². The molecule has 0 unspecified atom stereocenters. The van der Waals surface area contributed by atoms with Crippen molar-refractivity contribution >= 4 is 19.4 Å². The number of hydrogen-bond acceptors (Lipinski definition) is 6. The Bertz CT molecular complexity index is 796. The van der Waals surface area contributed by atoms with E-state index in [0.717, 1.165) is 0 Å². The summed E-state index contributed by atoms with van der Waals surface area (Å²) >= 11 is 0. The third-order valence-corrected chi connectivity index (χ3v) is 4.96. The van der Waals surface area contributed by atoms with Gasteiger partial charge in [0, 0.05) is 18.5 Å². The molecule has 8 nitrogen and oxygen atoms in total. The van der Waals surface area contributed by atoms with Gasteiger partial charge in [0.2, 0.25) is 5.91 Å². The second-order valence-corrected chi connectivity index (χ2v) is 7.75. The van der Waals surface area contributed by atoms with Gasteiger partial charge < -0.3 is 28.5 Å². The number of ether oxygens (including phenoxy) is 1. The van der Waals surface area contributed by atoms with Crippen LogP contribution in [-0.2, 0) is 13.9 Å². The molecule has 1 amide bonds. The van der Waals surface area contributed by atoms with Crippen LogP contribution in [0.3, 0.4) is 0 Å². The fourth-order valence-electron chi connectivity index (χ4n) is 3.43. The molecule has 0 aromatic heterocycles. The van der Waals surface area contributed by atoms with Gasteiger partial charge in [0.25, 0.3) is 0 Å². The Labute approximate surface area is 145 Å². The summed E-state index contributed by atoms with van der Waals surface area (Å²) in [5, 5.41) is 0. The van der Waals surface area contributed by atoms with E-state index in [9.17, 15) is 19.1 Å². The molecule has 25 heavy (non-hydrogen) atoms. The molecular formula is C16H17N2O6P-2. The van der Waals surface area contributed by atoms with E-state index in [0.29, 0.717) is 36.4 Å².